The van der Waals surface area contributed by atoms with Crippen molar-refractivity contribution < 1.29 is 53.1 Å². The van der Waals surface area contributed by atoms with Crippen molar-refractivity contribution in [3.63, 3.8) is 0 Å². The molecule has 0 aliphatic carbocycles. The second kappa shape index (κ2) is 31.6. The molecule has 0 bridgehead atoms. The number of imidazole rings is 1. The fourth-order valence-corrected chi connectivity index (χ4v) is 12.4. The average Bonchev–Trinajstić information content (AvgIpc) is 3.29. The number of aliphatic imine (C=N–C) groups is 1. The number of aromatic nitrogens is 3. The van der Waals surface area contributed by atoms with Crippen molar-refractivity contribution in [2.45, 2.75) is 140 Å². The highest BCUT2D eigenvalue weighted by molar-refractivity contribution is 8.76. The van der Waals surface area contributed by atoms with E-state index in [1.165, 1.54) is 31.4 Å². The first-order valence-electron chi connectivity index (χ1n) is 28.1. The Morgan fingerprint density at radius 3 is 2.09 bits per heavy atom. The van der Waals surface area contributed by atoms with Crippen LogP contribution >= 0.6 is 21.6 Å². The lowest BCUT2D eigenvalue weighted by Crippen LogP contribution is -2.62. The fraction of sp³-hybridized carbons (Fsp3) is 0.500. The van der Waals surface area contributed by atoms with E-state index >= 15 is 14.4 Å². The summed E-state index contributed by atoms with van der Waals surface area (Å²) in [7, 11) is 3.41. The van der Waals surface area contributed by atoms with Crippen molar-refractivity contribution in [2.75, 3.05) is 31.6 Å². The van der Waals surface area contributed by atoms with Crippen LogP contribution in [0.4, 0.5) is 0 Å². The predicted octanol–water partition coefficient (Wildman–Crippen LogP) is -1.49. The lowest BCUT2D eigenvalue weighted by atomic mass is 9.97. The van der Waals surface area contributed by atoms with Crippen molar-refractivity contribution in [2.24, 2.45) is 28.1 Å². The van der Waals surface area contributed by atoms with Crippen LogP contribution in [0.2, 0.25) is 0 Å². The zero-order valence-electron chi connectivity index (χ0n) is 48.1. The van der Waals surface area contributed by atoms with Crippen LogP contribution in [0.3, 0.4) is 0 Å². The van der Waals surface area contributed by atoms with Crippen LogP contribution < -0.4 is 54.4 Å². The Bertz CT molecular complexity index is 3020. The average molecular weight is 1220 g/mol. The number of primary amides is 1. The number of nitrogens with one attached hydrogen (secondary N) is 9. The van der Waals surface area contributed by atoms with Crippen LogP contribution in [-0.4, -0.2) is 187 Å². The van der Waals surface area contributed by atoms with Gasteiger partial charge in [0.25, 0.3) is 0 Å². The zero-order chi connectivity index (χ0) is 61.9. The molecule has 2 aromatic heterocycles. The van der Waals surface area contributed by atoms with Crippen LogP contribution in [0, 0.1) is 5.92 Å². The second-order valence-corrected chi connectivity index (χ2v) is 23.8. The molecule has 2 fully saturated rings. The highest BCUT2D eigenvalue weighted by Crippen LogP contribution is 2.26. The second-order valence-electron chi connectivity index (χ2n) is 21.2. The Balaban J connectivity index is 1.44. The SMILES string of the molecule is CC[C@H](C)[C@@H]1NC(=O)[C@@H]2CCCN2C(=O)[C@H](Cc2c[nH]c3ccccc23)NC(=O)[C@H](CCCN=C(N)N)N(C)C(=O)[C@H](Cc2ccccc2)NC(=O)[C@H](Cc2cnc[nH]2)NC(=O)[C@H]([C@@H](C)O)NC(=O)[C@@H](NC(C)=O)CSSC[C@@H](C(N)=O)NC1=O. The van der Waals surface area contributed by atoms with E-state index in [4.69, 9.17) is 17.2 Å². The van der Waals surface area contributed by atoms with Crippen LogP contribution in [0.15, 0.2) is 78.3 Å². The molecule has 10 amide bonds. The number of H-pyrrole nitrogens is 2. The van der Waals surface area contributed by atoms with E-state index in [2.05, 4.69) is 57.2 Å². The van der Waals surface area contributed by atoms with Crippen molar-refractivity contribution in [3.05, 3.63) is 90.1 Å². The molecule has 0 saturated carbocycles. The Hall–Kier alpha value is -8.18. The quantitative estimate of drug-likeness (QED) is 0.0279. The molecule has 2 aliphatic rings. The maximum atomic E-state index is 15.3. The summed E-state index contributed by atoms with van der Waals surface area (Å²) in [5.41, 5.74) is 19.5. The maximum Gasteiger partial charge on any atom is 0.246 e. The lowest BCUT2D eigenvalue weighted by Gasteiger charge is -2.34. The van der Waals surface area contributed by atoms with E-state index in [0.29, 0.717) is 29.7 Å². The van der Waals surface area contributed by atoms with E-state index in [1.807, 2.05) is 31.2 Å². The van der Waals surface area contributed by atoms with E-state index < -0.39 is 125 Å². The zero-order valence-corrected chi connectivity index (χ0v) is 49.8. The molecule has 0 spiro atoms. The van der Waals surface area contributed by atoms with Gasteiger partial charge in [0.1, 0.15) is 54.4 Å². The van der Waals surface area contributed by atoms with Crippen molar-refractivity contribution in [1.82, 2.24) is 62.0 Å². The monoisotopic (exact) mass is 1210 g/mol. The number of amides is 10. The van der Waals surface area contributed by atoms with Gasteiger partial charge in [0.15, 0.2) is 5.96 Å². The number of rotatable bonds is 15. The summed E-state index contributed by atoms with van der Waals surface area (Å²) in [6, 6.07) is 3.70. The number of hydrogen-bond acceptors (Lipinski definition) is 15. The van der Waals surface area contributed by atoms with E-state index in [1.54, 1.807) is 43.5 Å². The number of guanidine groups is 1. The summed E-state index contributed by atoms with van der Waals surface area (Å²) < 4.78 is 0. The number of aliphatic hydroxyl groups excluding tert-OH is 1. The summed E-state index contributed by atoms with van der Waals surface area (Å²) in [6.07, 6.45) is 3.50. The number of carbonyl (C=O) groups excluding carboxylic acids is 10. The van der Waals surface area contributed by atoms with Crippen molar-refractivity contribution in [1.29, 1.82) is 0 Å². The molecule has 460 valence electrons. The van der Waals surface area contributed by atoms with Gasteiger partial charge in [-0.05, 0) is 55.7 Å². The van der Waals surface area contributed by atoms with Crippen molar-refractivity contribution >= 4 is 97.5 Å². The van der Waals surface area contributed by atoms with Crippen molar-refractivity contribution in [3.8, 4) is 0 Å². The first-order valence-corrected chi connectivity index (χ1v) is 30.5. The summed E-state index contributed by atoms with van der Waals surface area (Å²) in [5.74, 6) is -8.95. The number of nitrogens with zero attached hydrogens (tertiary/aromatic N) is 4. The number of aromatic amines is 2. The van der Waals surface area contributed by atoms with Gasteiger partial charge in [0, 0.05) is 86.8 Å². The number of carbonyl (C=O) groups is 10. The van der Waals surface area contributed by atoms with Gasteiger partial charge in [0.2, 0.25) is 59.1 Å². The van der Waals surface area contributed by atoms with Gasteiger partial charge in [-0.25, -0.2) is 4.98 Å². The first-order chi connectivity index (χ1) is 40.6. The number of aliphatic hydroxyl groups is 1. The van der Waals surface area contributed by atoms with Crippen LogP contribution in [0.5, 0.6) is 0 Å². The largest absolute Gasteiger partial charge is 0.391 e. The van der Waals surface area contributed by atoms with Gasteiger partial charge >= 0.3 is 0 Å². The van der Waals surface area contributed by atoms with Gasteiger partial charge in [0.05, 0.1) is 12.4 Å². The molecule has 2 aliphatic heterocycles. The standard InChI is InChI=1S/C56H78N16O11S2/c1-6-30(2)45-52(80)68-41(47(57)75)27-84-85-28-42(64-32(4)74)49(77)70-46(31(3)73)53(81)65-38(24-35-26-60-29-63-35)48(76)66-39(22-33-14-8-7-9-15-33)54(82)71(5)43(18-12-20-61-56(58)59)50(78)67-40(23-34-25-62-37-17-11-10-16-36(34)37)55(83)72-21-13-19-44(72)51(79)69-45/h7-11,14-17,25-26,29-31,38-46,62,73H,6,12-13,18-24,27-28H2,1-5H3,(H2,57,75)(H,60,63)(H,64,74)(H,65,81)(H,66,76)(H,67,78)(H,68,80)(H,69,79)(H,70,77)(H4,58,59,61)/t30-,31+,38-,39-,40-,41-,42-,43-,44-,45-,46-/m0/s1. The third-order valence-corrected chi connectivity index (χ3v) is 17.3. The Morgan fingerprint density at radius 2 is 1.42 bits per heavy atom. The minimum absolute atomic E-state index is 0.0359. The molecule has 4 aromatic rings. The third kappa shape index (κ3) is 18.7. The van der Waals surface area contributed by atoms with Crippen LogP contribution in [0.25, 0.3) is 10.9 Å². The Kier molecular flexibility index (Phi) is 24.6. The van der Waals surface area contributed by atoms with E-state index in [9.17, 15) is 38.7 Å². The highest BCUT2D eigenvalue weighted by Gasteiger charge is 2.42. The highest BCUT2D eigenvalue weighted by atomic mass is 33.1. The molecule has 11 atom stereocenters. The molecule has 0 unspecified atom stereocenters. The lowest BCUT2D eigenvalue weighted by molar-refractivity contribution is -0.145. The predicted molar refractivity (Wildman–Crippen MR) is 320 cm³/mol. The number of nitrogens with two attached hydrogens (primary N) is 3. The van der Waals surface area contributed by atoms with Gasteiger partial charge < -0.3 is 79.3 Å². The number of likely N-dealkylation sites (N-methyl/N-ethyl adjacent to an activating group) is 1. The molecule has 27 nitrogen and oxygen atoms in total. The van der Waals surface area contributed by atoms with E-state index in [-0.39, 0.29) is 69.1 Å². The third-order valence-electron chi connectivity index (χ3n) is 14.9. The normalized spacial score (nSPS) is 24.8. The molecular weight excluding hydrogens is 1140 g/mol. The number of hydrogen-bond donors (Lipinski definition) is 13. The molecule has 85 heavy (non-hydrogen) atoms. The molecule has 2 aromatic carbocycles. The number of para-hydroxylation sites is 1. The molecule has 2 saturated heterocycles. The first kappa shape index (κ1) is 66.0. The number of fused-ring (bicyclic) bond motifs is 2. The smallest absolute Gasteiger partial charge is 0.246 e. The summed E-state index contributed by atoms with van der Waals surface area (Å²) >= 11 is 0. The summed E-state index contributed by atoms with van der Waals surface area (Å²) in [6.45, 7) is 6.07. The minimum atomic E-state index is -1.72. The summed E-state index contributed by atoms with van der Waals surface area (Å²) in [4.78, 5) is 160. The minimum Gasteiger partial charge on any atom is -0.391 e. The van der Waals surface area contributed by atoms with Gasteiger partial charge in [-0.2, -0.15) is 0 Å². The molecule has 16 N–H and O–H groups in total. The Labute approximate surface area is 499 Å². The van der Waals surface area contributed by atoms with E-state index in [0.717, 1.165) is 44.3 Å². The van der Waals surface area contributed by atoms with Crippen LogP contribution in [-0.2, 0) is 67.2 Å². The van der Waals surface area contributed by atoms with Crippen LogP contribution in [0.1, 0.15) is 76.6 Å². The van der Waals surface area contributed by atoms with Gasteiger partial charge in [-0.3, -0.25) is 52.9 Å². The molecule has 0 radical (unpaired) electrons. The summed E-state index contributed by atoms with van der Waals surface area (Å²) in [5, 5.41) is 30.6. The number of benzene rings is 2. The van der Waals surface area contributed by atoms with Gasteiger partial charge in [-0.1, -0.05) is 90.4 Å². The molecule has 6 rings (SSSR count). The molecular formula is C56H78N16O11S2. The Morgan fingerprint density at radius 1 is 0.765 bits per heavy atom. The molecule has 4 heterocycles. The molecule has 29 heteroatoms. The fourth-order valence-electron chi connectivity index (χ4n) is 10.0. The topological polar surface area (TPSA) is 417 Å². The maximum absolute atomic E-state index is 15.3. The van der Waals surface area contributed by atoms with Gasteiger partial charge in [-0.15, -0.1) is 0 Å².